The molecule has 6 atom stereocenters. The van der Waals surface area contributed by atoms with Gasteiger partial charge in [0.1, 0.15) is 5.75 Å². The number of hydrogen-bond acceptors (Lipinski definition) is 10. The van der Waals surface area contributed by atoms with Gasteiger partial charge in [-0.05, 0) is 75.5 Å². The first-order chi connectivity index (χ1) is 18.7. The van der Waals surface area contributed by atoms with Crippen LogP contribution in [0.2, 0.25) is 0 Å². The number of phenolic OH excluding ortho intramolecular Hbond substituents is 1. The molecule has 1 amide bonds. The summed E-state index contributed by atoms with van der Waals surface area (Å²) in [7, 11) is 3.15. The zero-order valence-electron chi connectivity index (χ0n) is 23.4. The van der Waals surface area contributed by atoms with Gasteiger partial charge in [0.15, 0.2) is 34.7 Å². The molecule has 0 aromatic heterocycles. The summed E-state index contributed by atoms with van der Waals surface area (Å²) in [5, 5.41) is 29.7. The second kappa shape index (κ2) is 9.54. The monoisotopic (exact) mass is 554 g/mol. The van der Waals surface area contributed by atoms with Crippen molar-refractivity contribution in [3.8, 4) is 5.75 Å². The highest BCUT2D eigenvalue weighted by molar-refractivity contribution is 6.33. The van der Waals surface area contributed by atoms with Crippen molar-refractivity contribution < 1.29 is 34.2 Å². The van der Waals surface area contributed by atoms with E-state index in [1.807, 2.05) is 0 Å². The van der Waals surface area contributed by atoms with Crippen molar-refractivity contribution in [2.24, 2.45) is 28.4 Å². The Morgan fingerprint density at radius 2 is 1.77 bits per heavy atom. The lowest BCUT2D eigenvalue weighted by molar-refractivity contribution is -0.203. The van der Waals surface area contributed by atoms with E-state index in [2.05, 4.69) is 10.6 Å². The predicted molar refractivity (Wildman–Crippen MR) is 143 cm³/mol. The van der Waals surface area contributed by atoms with Crippen molar-refractivity contribution in [2.45, 2.75) is 63.8 Å². The summed E-state index contributed by atoms with van der Waals surface area (Å²) < 4.78 is 0. The summed E-state index contributed by atoms with van der Waals surface area (Å²) in [4.78, 5) is 69.2. The number of aliphatic hydroxyl groups is 1. The molecule has 6 N–H and O–H groups in total. The number of phenols is 1. The largest absolute Gasteiger partial charge is 0.507 e. The standard InChI is InChI=1S/C29H38N4O7/c1-27-11-16-14(12-32-15-7-9-31-10-8-15)5-6-17(34)18(16)21(35)20(27)25(38)29(40)24(37)19(26(30)39)22(36)23(33(3)4)28(29,2)13-27/h5-6,15,19-20,23,31-32,34,40H,7-13H2,1-4H3,(H2,30,39)/t19?,20?,23-,27+,28+,29-/m1/s1. The summed E-state index contributed by atoms with van der Waals surface area (Å²) in [5.41, 5.74) is 1.37. The number of amides is 1. The highest BCUT2D eigenvalue weighted by Gasteiger charge is 2.76. The maximum Gasteiger partial charge on any atom is 0.235 e. The molecule has 4 aliphatic rings. The summed E-state index contributed by atoms with van der Waals surface area (Å²) >= 11 is 0. The summed E-state index contributed by atoms with van der Waals surface area (Å²) in [6.07, 6.45) is 2.12. The number of nitrogens with zero attached hydrogens (tertiary/aromatic N) is 1. The maximum absolute atomic E-state index is 14.3. The first kappa shape index (κ1) is 28.5. The number of likely N-dealkylation sites (N-methyl/N-ethyl adjacent to an activating group) is 1. The van der Waals surface area contributed by atoms with Crippen LogP contribution in [0, 0.1) is 22.7 Å². The van der Waals surface area contributed by atoms with Crippen LogP contribution in [0.4, 0.5) is 0 Å². The van der Waals surface area contributed by atoms with E-state index < -0.39 is 63.3 Å². The second-order valence-electron chi connectivity index (χ2n) is 12.8. The maximum atomic E-state index is 14.3. The molecule has 0 bridgehead atoms. The van der Waals surface area contributed by atoms with E-state index in [1.54, 1.807) is 27.1 Å². The topological polar surface area (TPSA) is 179 Å². The molecule has 11 heteroatoms. The zero-order chi connectivity index (χ0) is 29.4. The number of ketones is 4. The third-order valence-corrected chi connectivity index (χ3v) is 9.89. The number of primary amides is 1. The smallest absolute Gasteiger partial charge is 0.235 e. The molecule has 1 aromatic carbocycles. The minimum absolute atomic E-state index is 0.0163. The highest BCUT2D eigenvalue weighted by Crippen LogP contribution is 2.61. The van der Waals surface area contributed by atoms with Crippen molar-refractivity contribution >= 4 is 29.0 Å². The Bertz CT molecular complexity index is 1320. The number of nitrogens with one attached hydrogen (secondary N) is 2. The van der Waals surface area contributed by atoms with Gasteiger partial charge in [-0.1, -0.05) is 19.9 Å². The number of carbonyl (C=O) groups excluding carboxylic acids is 5. The van der Waals surface area contributed by atoms with Crippen LogP contribution in [0.3, 0.4) is 0 Å². The Kier molecular flexibility index (Phi) is 6.81. The molecule has 2 saturated carbocycles. The van der Waals surface area contributed by atoms with Gasteiger partial charge in [-0.3, -0.25) is 28.9 Å². The van der Waals surface area contributed by atoms with E-state index in [9.17, 15) is 34.2 Å². The molecule has 3 fully saturated rings. The molecule has 1 saturated heterocycles. The summed E-state index contributed by atoms with van der Waals surface area (Å²) in [6, 6.07) is 2.32. The van der Waals surface area contributed by atoms with Gasteiger partial charge in [0.25, 0.3) is 0 Å². The van der Waals surface area contributed by atoms with E-state index in [1.165, 1.54) is 17.9 Å². The van der Waals surface area contributed by atoms with Crippen LogP contribution in [0.5, 0.6) is 5.75 Å². The number of carbonyl (C=O) groups is 5. The molecule has 0 spiro atoms. The fourth-order valence-corrected chi connectivity index (χ4v) is 8.23. The van der Waals surface area contributed by atoms with E-state index in [4.69, 9.17) is 5.73 Å². The SMILES string of the molecule is CN(C)[C@@H]1C(=O)C(C(N)=O)C(=O)[C@@]2(O)C(=O)C3C(=O)c4c(O)ccc(CNC5CCNCC5)c4C[C@@]3(C)C[C@@]12C. The van der Waals surface area contributed by atoms with E-state index in [0.717, 1.165) is 31.5 Å². The molecule has 40 heavy (non-hydrogen) atoms. The fourth-order valence-electron chi connectivity index (χ4n) is 8.23. The lowest BCUT2D eigenvalue weighted by atomic mass is 9.42. The molecule has 1 aliphatic heterocycles. The van der Waals surface area contributed by atoms with Gasteiger partial charge in [0, 0.05) is 18.0 Å². The summed E-state index contributed by atoms with van der Waals surface area (Å²) in [6.45, 7) is 5.56. The molecule has 5 rings (SSSR count). The fraction of sp³-hybridized carbons (Fsp3) is 0.621. The molecule has 11 nitrogen and oxygen atoms in total. The first-order valence-corrected chi connectivity index (χ1v) is 13.8. The van der Waals surface area contributed by atoms with Gasteiger partial charge in [-0.25, -0.2) is 0 Å². The van der Waals surface area contributed by atoms with Gasteiger partial charge in [0.2, 0.25) is 5.91 Å². The number of aromatic hydroxyl groups is 1. The zero-order valence-corrected chi connectivity index (χ0v) is 23.4. The van der Waals surface area contributed by atoms with Crippen LogP contribution in [0.15, 0.2) is 12.1 Å². The Morgan fingerprint density at radius 1 is 1.12 bits per heavy atom. The Labute approximate surface area is 232 Å². The minimum Gasteiger partial charge on any atom is -0.507 e. The molecular formula is C29H38N4O7. The lowest BCUT2D eigenvalue weighted by Crippen LogP contribution is -2.79. The third-order valence-electron chi connectivity index (χ3n) is 9.89. The van der Waals surface area contributed by atoms with Crippen LogP contribution in [-0.4, -0.2) is 89.0 Å². The van der Waals surface area contributed by atoms with Crippen molar-refractivity contribution in [3.63, 3.8) is 0 Å². The average Bonchev–Trinajstić information content (AvgIpc) is 2.86. The second-order valence-corrected chi connectivity index (χ2v) is 12.8. The number of rotatable bonds is 5. The third kappa shape index (κ3) is 3.82. The van der Waals surface area contributed by atoms with E-state index in [-0.39, 0.29) is 24.2 Å². The highest BCUT2D eigenvalue weighted by atomic mass is 16.3. The molecule has 3 aliphatic carbocycles. The van der Waals surface area contributed by atoms with Crippen LogP contribution >= 0.6 is 0 Å². The Hall–Kier alpha value is -2.99. The van der Waals surface area contributed by atoms with Crippen LogP contribution in [-0.2, 0) is 32.1 Å². The van der Waals surface area contributed by atoms with Crippen molar-refractivity contribution in [2.75, 3.05) is 27.2 Å². The van der Waals surface area contributed by atoms with E-state index >= 15 is 0 Å². The molecule has 2 unspecified atom stereocenters. The quantitative estimate of drug-likeness (QED) is 0.298. The summed E-state index contributed by atoms with van der Waals surface area (Å²) in [5.74, 6) is -8.75. The number of nitrogens with two attached hydrogens (primary N) is 1. The lowest BCUT2D eigenvalue weighted by Gasteiger charge is -2.61. The number of benzene rings is 1. The van der Waals surface area contributed by atoms with Gasteiger partial charge >= 0.3 is 0 Å². The number of hydrogen-bond donors (Lipinski definition) is 5. The number of piperidine rings is 1. The van der Waals surface area contributed by atoms with Gasteiger partial charge < -0.3 is 26.6 Å². The van der Waals surface area contributed by atoms with Crippen molar-refractivity contribution in [1.29, 1.82) is 0 Å². The van der Waals surface area contributed by atoms with Crippen LogP contribution in [0.25, 0.3) is 0 Å². The van der Waals surface area contributed by atoms with Crippen molar-refractivity contribution in [1.82, 2.24) is 15.5 Å². The van der Waals surface area contributed by atoms with Crippen molar-refractivity contribution in [3.05, 3.63) is 28.8 Å². The van der Waals surface area contributed by atoms with Gasteiger partial charge in [-0.2, -0.15) is 0 Å². The number of fused-ring (bicyclic) bond motifs is 3. The predicted octanol–water partition coefficient (Wildman–Crippen LogP) is -0.511. The van der Waals surface area contributed by atoms with Crippen LogP contribution < -0.4 is 16.4 Å². The molecule has 216 valence electrons. The normalized spacial score (nSPS) is 36.3. The number of Topliss-reactive ketones (excluding diaryl/α,β-unsaturated/α-hetero) is 4. The Balaban J connectivity index is 1.61. The van der Waals surface area contributed by atoms with Gasteiger partial charge in [-0.15, -0.1) is 0 Å². The molecule has 1 aromatic rings. The van der Waals surface area contributed by atoms with Crippen LogP contribution in [0.1, 0.15) is 54.6 Å². The molecule has 0 radical (unpaired) electrons. The van der Waals surface area contributed by atoms with E-state index in [0.29, 0.717) is 18.2 Å². The molecular weight excluding hydrogens is 516 g/mol. The molecule has 1 heterocycles. The minimum atomic E-state index is -2.79. The van der Waals surface area contributed by atoms with Gasteiger partial charge in [0.05, 0.1) is 17.5 Å². The first-order valence-electron chi connectivity index (χ1n) is 13.8. The Morgan fingerprint density at radius 3 is 2.38 bits per heavy atom. The average molecular weight is 555 g/mol.